The highest BCUT2D eigenvalue weighted by atomic mass is 28.4. The maximum atomic E-state index is 9.28. The van der Waals surface area contributed by atoms with E-state index in [1.807, 2.05) is 0 Å². The van der Waals surface area contributed by atoms with Gasteiger partial charge in [-0.2, -0.15) is 0 Å². The van der Waals surface area contributed by atoms with Gasteiger partial charge in [-0.05, 0) is 152 Å². The molecular weight excluding hydrogens is 937 g/mol. The highest BCUT2D eigenvalue weighted by Gasteiger charge is 2.45. The molecule has 0 aromatic heterocycles. The van der Waals surface area contributed by atoms with Gasteiger partial charge in [0, 0.05) is 0 Å². The van der Waals surface area contributed by atoms with Crippen LogP contribution in [-0.4, -0.2) is 18.1 Å². The zero-order valence-corrected chi connectivity index (χ0v) is 58.0. The summed E-state index contributed by atoms with van der Waals surface area (Å²) in [4.78, 5) is 0. The largest absolute Gasteiger partial charge is 0.442 e. The van der Waals surface area contributed by atoms with Crippen molar-refractivity contribution >= 4 is 38.8 Å². The molecule has 0 saturated heterocycles. The van der Waals surface area contributed by atoms with Crippen molar-refractivity contribution in [2.75, 3.05) is 0 Å². The van der Waals surface area contributed by atoms with Crippen molar-refractivity contribution in [2.45, 2.75) is 314 Å². The summed E-state index contributed by atoms with van der Waals surface area (Å²) in [6, 6.07) is 21.0. The molecule has 4 rings (SSSR count). The van der Waals surface area contributed by atoms with Crippen molar-refractivity contribution in [2.24, 2.45) is 0 Å². The van der Waals surface area contributed by atoms with E-state index in [1.165, 1.54) is 87.5 Å². The molecule has 0 aliphatic heterocycles. The minimum Gasteiger partial charge on any atom is -0.442 e. The summed E-state index contributed by atoms with van der Waals surface area (Å²) in [6.45, 7) is 88.0. The van der Waals surface area contributed by atoms with Crippen LogP contribution < -0.4 is 20.7 Å². The lowest BCUT2D eigenvalue weighted by Crippen LogP contribution is -2.61. The third-order valence-corrected chi connectivity index (χ3v) is 20.6. The van der Waals surface area contributed by atoms with Crippen LogP contribution in [0.3, 0.4) is 0 Å². The topological polar surface area (TPSA) is 9.23 Å². The summed E-state index contributed by atoms with van der Waals surface area (Å²) in [5.41, 5.74) is 15.5. The first kappa shape index (κ1) is 64.8. The molecule has 0 bridgehead atoms. The average Bonchev–Trinajstić information content (AvgIpc) is 3.15. The maximum absolute atomic E-state index is 9.28. The third kappa shape index (κ3) is 14.6. The van der Waals surface area contributed by atoms with Crippen molar-refractivity contribution in [3.8, 4) is 0 Å². The molecule has 0 aliphatic carbocycles. The number of benzene rings is 4. The zero-order chi connectivity index (χ0) is 58.8. The molecule has 2 radical (unpaired) electrons. The van der Waals surface area contributed by atoms with E-state index < -0.39 is 18.1 Å². The Kier molecular flexibility index (Phi) is 17.4. The Hall–Kier alpha value is -2.73. The minimum atomic E-state index is -2.21. The molecule has 0 heterocycles. The SMILES string of the molecule is CC(C)(C)c1cc([Si](O[Si](c2cc(C(C)(C)C)cc(C(C)(C)C)c2C(C)(C)C)c2cc(C(C)(C)C)cc(C(C)(C)C)c2C(C)(C)C)c2cc(C(C)(C)C)cc(C(C)(C)C)c2C(C)(C)C)c(C(C)(C)C)c(C(C)(C)C)c1. The number of rotatable bonds is 6. The van der Waals surface area contributed by atoms with Crippen molar-refractivity contribution in [1.82, 2.24) is 0 Å². The van der Waals surface area contributed by atoms with Crippen LogP contribution in [0.5, 0.6) is 0 Å². The number of hydrogen-bond acceptors (Lipinski definition) is 1. The van der Waals surface area contributed by atoms with E-state index in [2.05, 4.69) is 298 Å². The summed E-state index contributed by atoms with van der Waals surface area (Å²) in [6.07, 6.45) is 0. The standard InChI is InChI=1S/C72H116OSi2/c1-61(2,3)45-37-49(65(13,14)15)57(69(25,26)27)53(41-45)74(54-42-46(62(4,5)6)38-50(66(16,17)18)58(54)70(28,29)30)73-75(55-43-47(63(7,8)9)39-51(67(19,20)21)59(55)71(31,32)33)56-44-48(64(10,11)12)40-52(68(22,23)24)60(56)72(34,35)36/h37-44H,1-36H3. The molecule has 0 spiro atoms. The zero-order valence-electron chi connectivity index (χ0n) is 56.0. The molecule has 1 nitrogen and oxygen atoms in total. The lowest BCUT2D eigenvalue weighted by atomic mass is 9.72. The van der Waals surface area contributed by atoms with Gasteiger partial charge in [-0.25, -0.2) is 0 Å². The van der Waals surface area contributed by atoms with Gasteiger partial charge < -0.3 is 4.12 Å². The van der Waals surface area contributed by atoms with Crippen LogP contribution in [0, 0.1) is 0 Å². The lowest BCUT2D eigenvalue weighted by Gasteiger charge is -2.42. The smallest absolute Gasteiger partial charge is 0.273 e. The Morgan fingerprint density at radius 1 is 0.200 bits per heavy atom. The molecule has 0 saturated carbocycles. The van der Waals surface area contributed by atoms with Crippen LogP contribution in [0.2, 0.25) is 0 Å². The summed E-state index contributed by atoms with van der Waals surface area (Å²) in [5.74, 6) is 0. The van der Waals surface area contributed by atoms with E-state index in [4.69, 9.17) is 0 Å². The minimum absolute atomic E-state index is 0.104. The molecule has 0 fully saturated rings. The fraction of sp³-hybridized carbons (Fsp3) is 0.667. The van der Waals surface area contributed by atoms with Crippen molar-refractivity contribution in [3.05, 3.63) is 115 Å². The molecule has 0 atom stereocenters. The van der Waals surface area contributed by atoms with Crippen LogP contribution in [0.25, 0.3) is 0 Å². The maximum Gasteiger partial charge on any atom is 0.273 e. The average molecular weight is 1050 g/mol. The first-order valence-corrected chi connectivity index (χ1v) is 31.8. The predicted molar refractivity (Wildman–Crippen MR) is 341 cm³/mol. The molecule has 418 valence electrons. The normalized spacial score (nSPS) is 14.7. The summed E-state index contributed by atoms with van der Waals surface area (Å²) in [7, 11) is -4.42. The lowest BCUT2D eigenvalue weighted by molar-refractivity contribution is 0.518. The molecule has 0 aliphatic rings. The first-order chi connectivity index (χ1) is 32.8. The molecule has 75 heavy (non-hydrogen) atoms. The Balaban J connectivity index is 2.76. The first-order valence-electron chi connectivity index (χ1n) is 29.0. The Morgan fingerprint density at radius 2 is 0.347 bits per heavy atom. The second kappa shape index (κ2) is 20.1. The molecular formula is C72H116OSi2. The fourth-order valence-corrected chi connectivity index (χ4v) is 18.5. The van der Waals surface area contributed by atoms with Gasteiger partial charge in [0.15, 0.2) is 0 Å². The quantitative estimate of drug-likeness (QED) is 0.175. The van der Waals surface area contributed by atoms with Crippen LogP contribution in [0.15, 0.2) is 48.5 Å². The van der Waals surface area contributed by atoms with Crippen LogP contribution >= 0.6 is 0 Å². The molecule has 4 aromatic rings. The van der Waals surface area contributed by atoms with E-state index in [-0.39, 0.29) is 65.0 Å². The van der Waals surface area contributed by atoms with Crippen molar-refractivity contribution in [1.29, 1.82) is 0 Å². The molecule has 0 amide bonds. The second-order valence-corrected chi connectivity index (χ2v) is 39.8. The molecule has 0 unspecified atom stereocenters. The van der Waals surface area contributed by atoms with Gasteiger partial charge in [0.1, 0.15) is 0 Å². The van der Waals surface area contributed by atoms with E-state index in [9.17, 15) is 4.12 Å². The van der Waals surface area contributed by atoms with Crippen molar-refractivity contribution < 1.29 is 4.12 Å². The Bertz CT molecular complexity index is 2330. The van der Waals surface area contributed by atoms with Gasteiger partial charge in [0.2, 0.25) is 0 Å². The van der Waals surface area contributed by atoms with Gasteiger partial charge in [0.05, 0.1) is 0 Å². The van der Waals surface area contributed by atoms with Gasteiger partial charge in [-0.1, -0.05) is 298 Å². The second-order valence-electron chi connectivity index (χ2n) is 35.5. The Labute approximate surface area is 469 Å². The third-order valence-electron chi connectivity index (χ3n) is 15.4. The molecule has 3 heteroatoms. The van der Waals surface area contributed by atoms with E-state index in [0.29, 0.717) is 0 Å². The van der Waals surface area contributed by atoms with Crippen LogP contribution in [0.1, 0.15) is 316 Å². The Morgan fingerprint density at radius 3 is 0.453 bits per heavy atom. The monoisotopic (exact) mass is 1050 g/mol. The summed E-state index contributed by atoms with van der Waals surface area (Å²) in [5, 5.41) is 5.68. The van der Waals surface area contributed by atoms with Gasteiger partial charge >= 0.3 is 0 Å². The van der Waals surface area contributed by atoms with Crippen LogP contribution in [-0.2, 0) is 69.1 Å². The van der Waals surface area contributed by atoms with Crippen LogP contribution in [0.4, 0.5) is 0 Å². The molecule has 4 aromatic carbocycles. The number of hydrogen-bond donors (Lipinski definition) is 0. The summed E-state index contributed by atoms with van der Waals surface area (Å²) < 4.78 is 9.28. The fourth-order valence-electron chi connectivity index (χ4n) is 11.2. The highest BCUT2D eigenvalue weighted by molar-refractivity contribution is 6.92. The highest BCUT2D eigenvalue weighted by Crippen LogP contribution is 2.43. The predicted octanol–water partition coefficient (Wildman–Crippen LogP) is 18.2. The van der Waals surface area contributed by atoms with Gasteiger partial charge in [-0.15, -0.1) is 0 Å². The van der Waals surface area contributed by atoms with Crippen molar-refractivity contribution in [3.63, 3.8) is 0 Å². The van der Waals surface area contributed by atoms with Gasteiger partial charge in [-0.3, -0.25) is 0 Å². The summed E-state index contributed by atoms with van der Waals surface area (Å²) >= 11 is 0. The van der Waals surface area contributed by atoms with E-state index >= 15 is 0 Å². The molecule has 0 N–H and O–H groups in total. The van der Waals surface area contributed by atoms with E-state index in [0.717, 1.165) is 0 Å². The van der Waals surface area contributed by atoms with E-state index in [1.54, 1.807) is 0 Å². The van der Waals surface area contributed by atoms with Gasteiger partial charge in [0.25, 0.3) is 18.1 Å².